The molecule has 46 heavy (non-hydrogen) atoms. The van der Waals surface area contributed by atoms with E-state index in [1.54, 1.807) is 11.3 Å². The lowest BCUT2D eigenvalue weighted by atomic mass is 9.97. The van der Waals surface area contributed by atoms with E-state index in [4.69, 9.17) is 9.97 Å². The van der Waals surface area contributed by atoms with Gasteiger partial charge in [-0.05, 0) is 52.6 Å². The maximum absolute atomic E-state index is 5.20. The Morgan fingerprint density at radius 3 is 1.85 bits per heavy atom. The summed E-state index contributed by atoms with van der Waals surface area (Å²) in [6.45, 7) is 0. The highest BCUT2D eigenvalue weighted by atomic mass is 32.1. The van der Waals surface area contributed by atoms with Gasteiger partial charge in [0.25, 0.3) is 0 Å². The Hall–Kier alpha value is -5.84. The lowest BCUT2D eigenvalue weighted by molar-refractivity contribution is 1.18. The molecule has 0 N–H and O–H groups in total. The maximum atomic E-state index is 5.20. The first-order chi connectivity index (χ1) is 22.8. The van der Waals surface area contributed by atoms with Gasteiger partial charge in [0.15, 0.2) is 5.82 Å². The highest BCUT2D eigenvalue weighted by Crippen LogP contribution is 2.43. The van der Waals surface area contributed by atoms with Gasteiger partial charge >= 0.3 is 0 Å². The molecule has 3 nitrogen and oxygen atoms in total. The third-order valence-corrected chi connectivity index (χ3v) is 10.4. The minimum atomic E-state index is 0.736. The Bertz CT molecular complexity index is 2790. The van der Waals surface area contributed by atoms with E-state index in [0.717, 1.165) is 38.5 Å². The van der Waals surface area contributed by atoms with Crippen LogP contribution in [0.5, 0.6) is 0 Å². The fraction of sp³-hybridized carbons (Fsp3) is 0. The first-order valence-electron chi connectivity index (χ1n) is 15.5. The van der Waals surface area contributed by atoms with Crippen LogP contribution in [0.2, 0.25) is 0 Å². The molecule has 10 rings (SSSR count). The van der Waals surface area contributed by atoms with E-state index in [-0.39, 0.29) is 0 Å². The number of hydrogen-bond donors (Lipinski definition) is 0. The highest BCUT2D eigenvalue weighted by Gasteiger charge is 2.20. The standard InChI is InChI=1S/C42H25N3S/c1-2-12-26(13-3-1)38-41-39(34-19-9-11-21-36(34)46-41)44-42(43-38)27-22-24-28(25-23-27)45-35-20-10-8-18-33(35)37-31-16-6-4-14-29(31)30-15-5-7-17-32(30)40(37)45/h1-25H. The van der Waals surface area contributed by atoms with E-state index in [2.05, 4.69) is 150 Å². The lowest BCUT2D eigenvalue weighted by Gasteiger charge is -2.13. The van der Waals surface area contributed by atoms with Crippen LogP contribution in [0.25, 0.3) is 92.0 Å². The Morgan fingerprint density at radius 2 is 1.07 bits per heavy atom. The highest BCUT2D eigenvalue weighted by molar-refractivity contribution is 7.26. The molecule has 0 bridgehead atoms. The smallest absolute Gasteiger partial charge is 0.160 e. The van der Waals surface area contributed by atoms with E-state index in [1.807, 2.05) is 6.07 Å². The molecular formula is C42H25N3S. The van der Waals surface area contributed by atoms with Gasteiger partial charge in [-0.2, -0.15) is 0 Å². The Morgan fingerprint density at radius 1 is 0.457 bits per heavy atom. The molecule has 0 saturated heterocycles. The zero-order valence-corrected chi connectivity index (χ0v) is 25.5. The minimum absolute atomic E-state index is 0.736. The monoisotopic (exact) mass is 603 g/mol. The van der Waals surface area contributed by atoms with Crippen molar-refractivity contribution in [1.29, 1.82) is 0 Å². The largest absolute Gasteiger partial charge is 0.309 e. The summed E-state index contributed by atoms with van der Waals surface area (Å²) in [6.07, 6.45) is 0. The summed E-state index contributed by atoms with van der Waals surface area (Å²) < 4.78 is 4.77. The van der Waals surface area contributed by atoms with Crippen molar-refractivity contribution in [1.82, 2.24) is 14.5 Å². The van der Waals surface area contributed by atoms with Crippen molar-refractivity contribution in [3.63, 3.8) is 0 Å². The first-order valence-corrected chi connectivity index (χ1v) is 16.3. The van der Waals surface area contributed by atoms with Gasteiger partial charge in [-0.1, -0.05) is 115 Å². The summed E-state index contributed by atoms with van der Waals surface area (Å²) in [7, 11) is 0. The Labute approximate surface area is 268 Å². The average Bonchev–Trinajstić information content (AvgIpc) is 3.68. The lowest BCUT2D eigenvalue weighted by Crippen LogP contribution is -1.96. The second kappa shape index (κ2) is 9.83. The van der Waals surface area contributed by atoms with Crippen molar-refractivity contribution in [2.45, 2.75) is 0 Å². The average molecular weight is 604 g/mol. The SMILES string of the molecule is c1ccc(-c2nc(-c3ccc(-n4c5ccccc5c5c6ccccc6c6ccccc6c54)cc3)nc3c2sc2ccccc23)cc1. The number of rotatable bonds is 3. The molecule has 10 aromatic rings. The molecule has 3 heterocycles. The van der Waals surface area contributed by atoms with Crippen LogP contribution in [0.4, 0.5) is 0 Å². The van der Waals surface area contributed by atoms with Gasteiger partial charge in [0, 0.05) is 43.1 Å². The number of fused-ring (bicyclic) bond motifs is 11. The summed E-state index contributed by atoms with van der Waals surface area (Å²) in [5.74, 6) is 0.736. The fourth-order valence-corrected chi connectivity index (χ4v) is 8.32. The molecule has 0 atom stereocenters. The number of benzene rings is 7. The minimum Gasteiger partial charge on any atom is -0.309 e. The van der Waals surface area contributed by atoms with Crippen molar-refractivity contribution in [3.8, 4) is 28.3 Å². The molecule has 0 amide bonds. The van der Waals surface area contributed by atoms with Crippen LogP contribution in [-0.4, -0.2) is 14.5 Å². The second-order valence-electron chi connectivity index (χ2n) is 11.8. The summed E-state index contributed by atoms with van der Waals surface area (Å²) >= 11 is 1.76. The van der Waals surface area contributed by atoms with E-state index in [1.165, 1.54) is 53.4 Å². The van der Waals surface area contributed by atoms with Crippen molar-refractivity contribution < 1.29 is 0 Å². The molecule has 0 spiro atoms. The number of hydrogen-bond acceptors (Lipinski definition) is 3. The zero-order chi connectivity index (χ0) is 30.2. The van der Waals surface area contributed by atoms with Crippen molar-refractivity contribution in [2.24, 2.45) is 0 Å². The maximum Gasteiger partial charge on any atom is 0.160 e. The molecule has 0 saturated carbocycles. The molecule has 0 fully saturated rings. The fourth-order valence-electron chi connectivity index (χ4n) is 7.17. The molecule has 4 heteroatoms. The second-order valence-corrected chi connectivity index (χ2v) is 12.8. The van der Waals surface area contributed by atoms with Gasteiger partial charge in [0.1, 0.15) is 0 Å². The van der Waals surface area contributed by atoms with Crippen LogP contribution in [-0.2, 0) is 0 Å². The molecular weight excluding hydrogens is 579 g/mol. The van der Waals surface area contributed by atoms with Gasteiger partial charge in [0.05, 0.1) is 26.9 Å². The van der Waals surface area contributed by atoms with Crippen LogP contribution in [0, 0.1) is 0 Å². The van der Waals surface area contributed by atoms with Crippen molar-refractivity contribution in [2.75, 3.05) is 0 Å². The topological polar surface area (TPSA) is 30.7 Å². The molecule has 214 valence electrons. The number of aromatic nitrogens is 3. The van der Waals surface area contributed by atoms with E-state index < -0.39 is 0 Å². The van der Waals surface area contributed by atoms with Gasteiger partial charge in [-0.15, -0.1) is 11.3 Å². The number of para-hydroxylation sites is 1. The van der Waals surface area contributed by atoms with Gasteiger partial charge in [-0.25, -0.2) is 9.97 Å². The van der Waals surface area contributed by atoms with Crippen LogP contribution >= 0.6 is 11.3 Å². The van der Waals surface area contributed by atoms with Gasteiger partial charge in [-0.3, -0.25) is 0 Å². The van der Waals surface area contributed by atoms with Gasteiger partial charge < -0.3 is 4.57 Å². The van der Waals surface area contributed by atoms with Crippen molar-refractivity contribution >= 4 is 75.0 Å². The quantitative estimate of drug-likeness (QED) is 0.188. The van der Waals surface area contributed by atoms with Crippen LogP contribution in [0.15, 0.2) is 152 Å². The third-order valence-electron chi connectivity index (χ3n) is 9.19. The van der Waals surface area contributed by atoms with Crippen LogP contribution in [0.1, 0.15) is 0 Å². The van der Waals surface area contributed by atoms with Crippen molar-refractivity contribution in [3.05, 3.63) is 152 Å². The number of thiophene rings is 1. The van der Waals surface area contributed by atoms with Crippen LogP contribution in [0.3, 0.4) is 0 Å². The Balaban J connectivity index is 1.22. The third kappa shape index (κ3) is 3.65. The normalized spacial score (nSPS) is 11.9. The Kier molecular flexibility index (Phi) is 5.45. The molecule has 0 unspecified atom stereocenters. The molecule has 3 aromatic heterocycles. The molecule has 7 aromatic carbocycles. The predicted molar refractivity (Wildman–Crippen MR) is 195 cm³/mol. The van der Waals surface area contributed by atoms with Gasteiger partial charge in [0.2, 0.25) is 0 Å². The predicted octanol–water partition coefficient (Wildman–Crippen LogP) is 11.6. The van der Waals surface area contributed by atoms with E-state index in [0.29, 0.717) is 0 Å². The molecule has 0 radical (unpaired) electrons. The van der Waals surface area contributed by atoms with Crippen LogP contribution < -0.4 is 0 Å². The summed E-state index contributed by atoms with van der Waals surface area (Å²) in [5, 5.41) is 8.80. The number of nitrogens with zero attached hydrogens (tertiary/aromatic N) is 3. The first kappa shape index (κ1) is 25.5. The summed E-state index contributed by atoms with van der Waals surface area (Å²) in [6, 6.07) is 54.1. The summed E-state index contributed by atoms with van der Waals surface area (Å²) in [5.41, 5.74) is 7.62. The van der Waals surface area contributed by atoms with E-state index >= 15 is 0 Å². The van der Waals surface area contributed by atoms with E-state index in [9.17, 15) is 0 Å². The molecule has 0 aliphatic carbocycles. The molecule has 0 aliphatic heterocycles. The summed E-state index contributed by atoms with van der Waals surface area (Å²) in [4.78, 5) is 10.4. The zero-order valence-electron chi connectivity index (χ0n) is 24.7. The molecule has 0 aliphatic rings.